The molecule has 0 spiro atoms. The summed E-state index contributed by atoms with van der Waals surface area (Å²) in [4.78, 5) is 2.62. The van der Waals surface area contributed by atoms with Crippen LogP contribution in [0.4, 0.5) is 0 Å². The van der Waals surface area contributed by atoms with Crippen LogP contribution in [0.3, 0.4) is 0 Å². The molecule has 17 heavy (non-hydrogen) atoms. The van der Waals surface area contributed by atoms with E-state index >= 15 is 0 Å². The molecule has 0 amide bonds. The van der Waals surface area contributed by atoms with Gasteiger partial charge in [0.15, 0.2) is 0 Å². The van der Waals surface area contributed by atoms with Crippen molar-refractivity contribution in [3.63, 3.8) is 0 Å². The number of thiocarbonyl (C=S) groups is 1. The van der Waals surface area contributed by atoms with Crippen LogP contribution in [0.1, 0.15) is 5.56 Å². The number of nitrogens with zero attached hydrogens (tertiary/aromatic N) is 2. The van der Waals surface area contributed by atoms with Crippen LogP contribution >= 0.6 is 12.2 Å². The van der Waals surface area contributed by atoms with Crippen molar-refractivity contribution < 1.29 is 0 Å². The molecule has 0 radical (unpaired) electrons. The molecule has 3 nitrogen and oxygen atoms in total. The molecule has 2 rings (SSSR count). The molecule has 1 heterocycles. The van der Waals surface area contributed by atoms with Crippen LogP contribution in [0.25, 0.3) is 10.9 Å². The molecule has 90 valence electrons. The lowest BCUT2D eigenvalue weighted by molar-refractivity contribution is 0.387. The first-order chi connectivity index (χ1) is 8.08. The fourth-order valence-corrected chi connectivity index (χ4v) is 1.97. The van der Waals surface area contributed by atoms with Crippen molar-refractivity contribution in [3.05, 3.63) is 36.0 Å². The number of aromatic nitrogens is 1. The Morgan fingerprint density at radius 3 is 2.76 bits per heavy atom. The van der Waals surface area contributed by atoms with Crippen molar-refractivity contribution >= 4 is 28.1 Å². The molecule has 0 aliphatic rings. The molecular formula is C13H17N3S. The first-order valence-electron chi connectivity index (χ1n) is 5.61. The predicted octanol–water partition coefficient (Wildman–Crippen LogP) is 1.84. The van der Waals surface area contributed by atoms with Crippen molar-refractivity contribution in [3.8, 4) is 0 Å². The molecule has 0 atom stereocenters. The standard InChI is InChI=1S/C13H17N3S/c1-15(2)7-8-16-6-5-10-3-4-11(13(14)17)9-12(10)16/h3-6,9H,7-8H2,1-2H3,(H2,14,17). The van der Waals surface area contributed by atoms with E-state index < -0.39 is 0 Å². The maximum absolute atomic E-state index is 5.66. The summed E-state index contributed by atoms with van der Waals surface area (Å²) >= 11 is 5.01. The molecule has 2 aromatic rings. The van der Waals surface area contributed by atoms with Gasteiger partial charge in [0.2, 0.25) is 0 Å². The van der Waals surface area contributed by atoms with E-state index in [1.807, 2.05) is 6.07 Å². The number of benzene rings is 1. The van der Waals surface area contributed by atoms with Gasteiger partial charge in [-0.3, -0.25) is 0 Å². The number of hydrogen-bond donors (Lipinski definition) is 1. The van der Waals surface area contributed by atoms with Crippen molar-refractivity contribution in [2.45, 2.75) is 6.54 Å². The minimum Gasteiger partial charge on any atom is -0.389 e. The zero-order valence-electron chi connectivity index (χ0n) is 10.2. The third-order valence-electron chi connectivity index (χ3n) is 2.85. The highest BCUT2D eigenvalue weighted by atomic mass is 32.1. The molecule has 0 aliphatic carbocycles. The van der Waals surface area contributed by atoms with Crippen LogP contribution in [0, 0.1) is 0 Å². The number of nitrogens with two attached hydrogens (primary N) is 1. The number of likely N-dealkylation sites (N-methyl/N-ethyl adjacent to an activating group) is 1. The fraction of sp³-hybridized carbons (Fsp3) is 0.308. The summed E-state index contributed by atoms with van der Waals surface area (Å²) in [5.41, 5.74) is 7.78. The van der Waals surface area contributed by atoms with E-state index in [1.54, 1.807) is 0 Å². The van der Waals surface area contributed by atoms with E-state index in [0.29, 0.717) is 4.99 Å². The summed E-state index contributed by atoms with van der Waals surface area (Å²) in [6.45, 7) is 1.98. The normalized spacial score (nSPS) is 11.2. The number of fused-ring (bicyclic) bond motifs is 1. The molecule has 2 N–H and O–H groups in total. The zero-order valence-corrected chi connectivity index (χ0v) is 11.0. The van der Waals surface area contributed by atoms with Crippen molar-refractivity contribution in [2.24, 2.45) is 5.73 Å². The molecule has 4 heteroatoms. The Balaban J connectivity index is 2.36. The highest BCUT2D eigenvalue weighted by Crippen LogP contribution is 2.17. The van der Waals surface area contributed by atoms with E-state index in [4.69, 9.17) is 18.0 Å². The topological polar surface area (TPSA) is 34.2 Å². The molecule has 0 fully saturated rings. The smallest absolute Gasteiger partial charge is 0.104 e. The van der Waals surface area contributed by atoms with Gasteiger partial charge < -0.3 is 15.2 Å². The summed E-state index contributed by atoms with van der Waals surface area (Å²) < 4.78 is 2.23. The Morgan fingerprint density at radius 1 is 1.35 bits per heavy atom. The Bertz CT molecular complexity index is 543. The number of hydrogen-bond acceptors (Lipinski definition) is 2. The van der Waals surface area contributed by atoms with Crippen LogP contribution in [-0.4, -0.2) is 35.1 Å². The van der Waals surface area contributed by atoms with Gasteiger partial charge in [-0.25, -0.2) is 0 Å². The third-order valence-corrected chi connectivity index (χ3v) is 3.08. The van der Waals surface area contributed by atoms with E-state index in [0.717, 1.165) is 18.7 Å². The van der Waals surface area contributed by atoms with E-state index in [1.165, 1.54) is 10.9 Å². The molecule has 0 saturated heterocycles. The van der Waals surface area contributed by atoms with Crippen LogP contribution in [0.5, 0.6) is 0 Å². The molecule has 0 unspecified atom stereocenters. The van der Waals surface area contributed by atoms with Gasteiger partial charge in [0.05, 0.1) is 0 Å². The lowest BCUT2D eigenvalue weighted by Gasteiger charge is -2.11. The zero-order chi connectivity index (χ0) is 12.4. The van der Waals surface area contributed by atoms with Crippen LogP contribution in [-0.2, 0) is 6.54 Å². The van der Waals surface area contributed by atoms with Crippen molar-refractivity contribution in [2.75, 3.05) is 20.6 Å². The van der Waals surface area contributed by atoms with Gasteiger partial charge >= 0.3 is 0 Å². The van der Waals surface area contributed by atoms with Gasteiger partial charge in [0.1, 0.15) is 4.99 Å². The van der Waals surface area contributed by atoms with E-state index in [-0.39, 0.29) is 0 Å². The monoisotopic (exact) mass is 247 g/mol. The average Bonchev–Trinajstić information content (AvgIpc) is 2.68. The Labute approximate surface area is 107 Å². The lowest BCUT2D eigenvalue weighted by atomic mass is 10.1. The third kappa shape index (κ3) is 2.65. The molecule has 1 aromatic heterocycles. The first kappa shape index (κ1) is 12.1. The van der Waals surface area contributed by atoms with Gasteiger partial charge in [-0.2, -0.15) is 0 Å². The maximum atomic E-state index is 5.66. The summed E-state index contributed by atoms with van der Waals surface area (Å²) in [6, 6.07) is 8.22. The number of rotatable bonds is 4. The highest BCUT2D eigenvalue weighted by molar-refractivity contribution is 7.80. The van der Waals surface area contributed by atoms with E-state index in [2.05, 4.69) is 48.0 Å². The second-order valence-corrected chi connectivity index (χ2v) is 4.89. The van der Waals surface area contributed by atoms with Gasteiger partial charge in [-0.15, -0.1) is 0 Å². The van der Waals surface area contributed by atoms with Gasteiger partial charge in [-0.1, -0.05) is 24.4 Å². The summed E-state index contributed by atoms with van der Waals surface area (Å²) in [6.07, 6.45) is 2.11. The van der Waals surface area contributed by atoms with Crippen molar-refractivity contribution in [1.82, 2.24) is 9.47 Å². The Hall–Kier alpha value is -1.39. The highest BCUT2D eigenvalue weighted by Gasteiger charge is 2.04. The summed E-state index contributed by atoms with van der Waals surface area (Å²) in [5, 5.41) is 1.23. The van der Waals surface area contributed by atoms with Gasteiger partial charge in [0.25, 0.3) is 0 Å². The van der Waals surface area contributed by atoms with Gasteiger partial charge in [0, 0.05) is 30.4 Å². The van der Waals surface area contributed by atoms with E-state index in [9.17, 15) is 0 Å². The molecule has 0 bridgehead atoms. The Morgan fingerprint density at radius 2 is 2.12 bits per heavy atom. The maximum Gasteiger partial charge on any atom is 0.104 e. The van der Waals surface area contributed by atoms with Crippen LogP contribution < -0.4 is 5.73 Å². The minimum absolute atomic E-state index is 0.451. The summed E-state index contributed by atoms with van der Waals surface area (Å²) in [7, 11) is 4.15. The second-order valence-electron chi connectivity index (χ2n) is 4.45. The average molecular weight is 247 g/mol. The quantitative estimate of drug-likeness (QED) is 0.837. The largest absolute Gasteiger partial charge is 0.389 e. The second kappa shape index (κ2) is 4.85. The molecular weight excluding hydrogens is 230 g/mol. The first-order valence-corrected chi connectivity index (χ1v) is 6.02. The Kier molecular flexibility index (Phi) is 3.45. The molecule has 0 aliphatic heterocycles. The lowest BCUT2D eigenvalue weighted by Crippen LogP contribution is -2.18. The SMILES string of the molecule is CN(C)CCn1ccc2ccc(C(N)=S)cc21. The summed E-state index contributed by atoms with van der Waals surface area (Å²) in [5.74, 6) is 0. The van der Waals surface area contributed by atoms with Gasteiger partial charge in [-0.05, 0) is 31.6 Å². The molecule has 1 aromatic carbocycles. The van der Waals surface area contributed by atoms with Crippen LogP contribution in [0.15, 0.2) is 30.5 Å². The predicted molar refractivity (Wildman–Crippen MR) is 76.4 cm³/mol. The minimum atomic E-state index is 0.451. The fourth-order valence-electron chi connectivity index (χ4n) is 1.84. The van der Waals surface area contributed by atoms with Crippen LogP contribution in [0.2, 0.25) is 0 Å². The molecule has 0 saturated carbocycles. The van der Waals surface area contributed by atoms with Crippen molar-refractivity contribution in [1.29, 1.82) is 0 Å².